The Balaban J connectivity index is 2.20. The van der Waals surface area contributed by atoms with Crippen LogP contribution in [-0.2, 0) is 16.6 Å². The molecule has 0 radical (unpaired) electrons. The fraction of sp³-hybridized carbons (Fsp3) is 0.143. The first kappa shape index (κ1) is 15.8. The average molecular weight is 422 g/mol. The van der Waals surface area contributed by atoms with Gasteiger partial charge in [-0.25, -0.2) is 13.1 Å². The molecule has 0 fully saturated rings. The Labute approximate surface area is 137 Å². The van der Waals surface area contributed by atoms with Crippen LogP contribution in [0.5, 0.6) is 0 Å². The van der Waals surface area contributed by atoms with Gasteiger partial charge in [0.2, 0.25) is 10.0 Å². The van der Waals surface area contributed by atoms with E-state index < -0.39 is 10.0 Å². The van der Waals surface area contributed by atoms with Crippen molar-refractivity contribution in [2.24, 2.45) is 0 Å². The standard InChI is InChI=1S/C14H13ClINO2S/c1-10-3-2-4-14(15)13(10)9-17-20(18,19)12-7-5-11(16)6-8-12/h2-8,17H,9H2,1H3. The highest BCUT2D eigenvalue weighted by Gasteiger charge is 2.14. The van der Waals surface area contributed by atoms with E-state index in [1.807, 2.05) is 19.1 Å². The first-order valence-electron chi connectivity index (χ1n) is 5.89. The van der Waals surface area contributed by atoms with Gasteiger partial charge in [-0.3, -0.25) is 0 Å². The number of rotatable bonds is 4. The quantitative estimate of drug-likeness (QED) is 0.765. The summed E-state index contributed by atoms with van der Waals surface area (Å²) in [7, 11) is -3.52. The van der Waals surface area contributed by atoms with Crippen LogP contribution < -0.4 is 4.72 Å². The highest BCUT2D eigenvalue weighted by molar-refractivity contribution is 14.1. The van der Waals surface area contributed by atoms with E-state index in [1.54, 1.807) is 30.3 Å². The molecule has 0 spiro atoms. The molecule has 6 heteroatoms. The topological polar surface area (TPSA) is 46.2 Å². The number of nitrogens with one attached hydrogen (secondary N) is 1. The summed E-state index contributed by atoms with van der Waals surface area (Å²) >= 11 is 8.22. The molecule has 0 aliphatic carbocycles. The van der Waals surface area contributed by atoms with Crippen molar-refractivity contribution in [1.29, 1.82) is 0 Å². The summed E-state index contributed by atoms with van der Waals surface area (Å²) in [5, 5.41) is 0.565. The number of sulfonamides is 1. The summed E-state index contributed by atoms with van der Waals surface area (Å²) in [6, 6.07) is 12.2. The normalized spacial score (nSPS) is 11.6. The lowest BCUT2D eigenvalue weighted by Gasteiger charge is -2.10. The molecule has 0 bridgehead atoms. The Kier molecular flexibility index (Phi) is 5.06. The van der Waals surface area contributed by atoms with Gasteiger partial charge < -0.3 is 0 Å². The predicted octanol–water partition coefficient (Wildman–Crippen LogP) is 3.73. The maximum absolute atomic E-state index is 12.2. The largest absolute Gasteiger partial charge is 0.240 e. The summed E-state index contributed by atoms with van der Waals surface area (Å²) in [4.78, 5) is 0.252. The number of hydrogen-bond acceptors (Lipinski definition) is 2. The van der Waals surface area contributed by atoms with Gasteiger partial charge in [0.05, 0.1) is 4.90 Å². The van der Waals surface area contributed by atoms with Gasteiger partial charge in [0.1, 0.15) is 0 Å². The van der Waals surface area contributed by atoms with Crippen molar-refractivity contribution in [3.8, 4) is 0 Å². The molecule has 3 nitrogen and oxygen atoms in total. The molecule has 0 aliphatic rings. The summed E-state index contributed by atoms with van der Waals surface area (Å²) in [5.74, 6) is 0. The highest BCUT2D eigenvalue weighted by atomic mass is 127. The summed E-state index contributed by atoms with van der Waals surface area (Å²) in [5.41, 5.74) is 1.76. The van der Waals surface area contributed by atoms with E-state index in [0.29, 0.717) is 5.02 Å². The lowest BCUT2D eigenvalue weighted by Crippen LogP contribution is -2.23. The Morgan fingerprint density at radius 3 is 2.40 bits per heavy atom. The molecule has 0 aromatic heterocycles. The third-order valence-electron chi connectivity index (χ3n) is 2.92. The number of aryl methyl sites for hydroxylation is 1. The van der Waals surface area contributed by atoms with Crippen molar-refractivity contribution < 1.29 is 8.42 Å². The van der Waals surface area contributed by atoms with Crippen LogP contribution in [0.2, 0.25) is 5.02 Å². The second-order valence-electron chi connectivity index (χ2n) is 4.31. The molecule has 0 saturated heterocycles. The van der Waals surface area contributed by atoms with Crippen molar-refractivity contribution in [2.45, 2.75) is 18.4 Å². The van der Waals surface area contributed by atoms with Gasteiger partial charge in [0.25, 0.3) is 0 Å². The molecule has 20 heavy (non-hydrogen) atoms. The number of benzene rings is 2. The number of halogens is 2. The molecule has 0 saturated carbocycles. The molecular formula is C14H13ClINO2S. The van der Waals surface area contributed by atoms with E-state index in [0.717, 1.165) is 14.7 Å². The second kappa shape index (κ2) is 6.43. The van der Waals surface area contributed by atoms with Gasteiger partial charge in [0, 0.05) is 15.1 Å². The van der Waals surface area contributed by atoms with Crippen molar-refractivity contribution in [3.63, 3.8) is 0 Å². The van der Waals surface area contributed by atoms with Crippen LogP contribution in [0.25, 0.3) is 0 Å². The Morgan fingerprint density at radius 1 is 1.15 bits per heavy atom. The Hall–Kier alpha value is -0.630. The van der Waals surface area contributed by atoms with Crippen molar-refractivity contribution in [2.75, 3.05) is 0 Å². The molecule has 2 aromatic rings. The SMILES string of the molecule is Cc1cccc(Cl)c1CNS(=O)(=O)c1ccc(I)cc1. The third kappa shape index (κ3) is 3.72. The van der Waals surface area contributed by atoms with Gasteiger partial charge in [-0.1, -0.05) is 23.7 Å². The summed E-state index contributed by atoms with van der Waals surface area (Å²) < 4.78 is 27.9. The first-order chi connectivity index (χ1) is 9.40. The monoisotopic (exact) mass is 421 g/mol. The van der Waals surface area contributed by atoms with Crippen LogP contribution in [0.3, 0.4) is 0 Å². The van der Waals surface area contributed by atoms with Crippen LogP contribution in [0.1, 0.15) is 11.1 Å². The fourth-order valence-corrected chi connectivity index (χ4v) is 3.40. The second-order valence-corrected chi connectivity index (χ2v) is 7.73. The van der Waals surface area contributed by atoms with Crippen LogP contribution in [0.15, 0.2) is 47.4 Å². The molecule has 0 unspecified atom stereocenters. The zero-order chi connectivity index (χ0) is 14.8. The Bertz CT molecular complexity index is 694. The van der Waals surface area contributed by atoms with Crippen LogP contribution >= 0.6 is 34.2 Å². The van der Waals surface area contributed by atoms with Crippen LogP contribution in [0, 0.1) is 10.5 Å². The summed E-state index contributed by atoms with van der Waals surface area (Å²) in [6.07, 6.45) is 0. The van der Waals surface area contributed by atoms with Crippen molar-refractivity contribution in [1.82, 2.24) is 4.72 Å². The van der Waals surface area contributed by atoms with E-state index in [9.17, 15) is 8.42 Å². The molecule has 106 valence electrons. The van der Waals surface area contributed by atoms with Crippen molar-refractivity contribution >= 4 is 44.2 Å². The maximum Gasteiger partial charge on any atom is 0.240 e. The molecule has 1 N–H and O–H groups in total. The molecule has 0 atom stereocenters. The van der Waals surface area contributed by atoms with E-state index >= 15 is 0 Å². The first-order valence-corrected chi connectivity index (χ1v) is 8.83. The van der Waals surface area contributed by atoms with E-state index in [2.05, 4.69) is 27.3 Å². The number of hydrogen-bond donors (Lipinski definition) is 1. The van der Waals surface area contributed by atoms with Crippen LogP contribution in [-0.4, -0.2) is 8.42 Å². The van der Waals surface area contributed by atoms with Gasteiger partial charge in [-0.2, -0.15) is 0 Å². The van der Waals surface area contributed by atoms with Crippen molar-refractivity contribution in [3.05, 3.63) is 62.2 Å². The van der Waals surface area contributed by atoms with E-state index in [1.165, 1.54) is 0 Å². The minimum atomic E-state index is -3.52. The molecule has 0 amide bonds. The lowest BCUT2D eigenvalue weighted by atomic mass is 10.1. The average Bonchev–Trinajstić information content (AvgIpc) is 2.38. The molecule has 2 aromatic carbocycles. The minimum Gasteiger partial charge on any atom is -0.207 e. The maximum atomic E-state index is 12.2. The molecule has 2 rings (SSSR count). The molecule has 0 aliphatic heterocycles. The fourth-order valence-electron chi connectivity index (χ4n) is 1.75. The van der Waals surface area contributed by atoms with Gasteiger partial charge in [-0.05, 0) is 71.0 Å². The zero-order valence-corrected chi connectivity index (χ0v) is 14.5. The summed E-state index contributed by atoms with van der Waals surface area (Å²) in [6.45, 7) is 2.08. The van der Waals surface area contributed by atoms with Crippen LogP contribution in [0.4, 0.5) is 0 Å². The molecule has 0 heterocycles. The highest BCUT2D eigenvalue weighted by Crippen LogP contribution is 2.20. The van der Waals surface area contributed by atoms with Gasteiger partial charge in [0.15, 0.2) is 0 Å². The van der Waals surface area contributed by atoms with E-state index in [4.69, 9.17) is 11.6 Å². The predicted molar refractivity (Wildman–Crippen MR) is 89.4 cm³/mol. The lowest BCUT2D eigenvalue weighted by molar-refractivity contribution is 0.581. The third-order valence-corrected chi connectivity index (χ3v) is 5.41. The van der Waals surface area contributed by atoms with E-state index in [-0.39, 0.29) is 11.4 Å². The zero-order valence-electron chi connectivity index (χ0n) is 10.7. The smallest absolute Gasteiger partial charge is 0.207 e. The van der Waals surface area contributed by atoms with Gasteiger partial charge >= 0.3 is 0 Å². The Morgan fingerprint density at radius 2 is 1.80 bits per heavy atom. The minimum absolute atomic E-state index is 0.180. The van der Waals surface area contributed by atoms with Gasteiger partial charge in [-0.15, -0.1) is 0 Å². The molecular weight excluding hydrogens is 409 g/mol.